The molecule has 0 radical (unpaired) electrons. The molecular weight excluding hydrogens is 184 g/mol. The summed E-state index contributed by atoms with van der Waals surface area (Å²) < 4.78 is 0. The van der Waals surface area contributed by atoms with Gasteiger partial charge < -0.3 is 0 Å². The van der Waals surface area contributed by atoms with Crippen molar-refractivity contribution in [1.82, 2.24) is 9.97 Å². The van der Waals surface area contributed by atoms with Gasteiger partial charge in [0.15, 0.2) is 0 Å². The highest BCUT2D eigenvalue weighted by Gasteiger charge is 1.96. The van der Waals surface area contributed by atoms with Gasteiger partial charge in [0.1, 0.15) is 0 Å². The second-order valence-electron chi connectivity index (χ2n) is 2.95. The molecule has 0 N–H and O–H groups in total. The standard InChI is InChI=1S/C11H10N2.C2H6/c1-9-2-7-13-11(8-9)10-3-5-12-6-4-10;1-2/h2-8H,1H3;1-2H3. The van der Waals surface area contributed by atoms with Crippen molar-refractivity contribution in [1.29, 1.82) is 0 Å². The van der Waals surface area contributed by atoms with Crippen molar-refractivity contribution in [3.05, 3.63) is 48.4 Å². The lowest BCUT2D eigenvalue weighted by Gasteiger charge is -1.99. The Labute approximate surface area is 91.0 Å². The predicted octanol–water partition coefficient (Wildman–Crippen LogP) is 3.48. The van der Waals surface area contributed by atoms with Gasteiger partial charge in [-0.25, -0.2) is 0 Å². The minimum atomic E-state index is 1.00. The largest absolute Gasteiger partial charge is 0.265 e. The fourth-order valence-corrected chi connectivity index (χ4v) is 1.22. The van der Waals surface area contributed by atoms with Gasteiger partial charge in [0, 0.05) is 24.2 Å². The first-order chi connectivity index (χ1) is 7.36. The van der Waals surface area contributed by atoms with E-state index in [-0.39, 0.29) is 0 Å². The summed E-state index contributed by atoms with van der Waals surface area (Å²) in [5.41, 5.74) is 3.34. The van der Waals surface area contributed by atoms with Crippen LogP contribution in [0.3, 0.4) is 0 Å². The number of nitrogens with zero attached hydrogens (tertiary/aromatic N) is 2. The quantitative estimate of drug-likeness (QED) is 0.704. The van der Waals surface area contributed by atoms with Crippen LogP contribution in [-0.2, 0) is 0 Å². The molecular formula is C13H16N2. The Kier molecular flexibility index (Phi) is 4.48. The van der Waals surface area contributed by atoms with E-state index in [1.165, 1.54) is 5.56 Å². The Hall–Kier alpha value is -1.70. The number of rotatable bonds is 1. The molecule has 15 heavy (non-hydrogen) atoms. The molecule has 0 amide bonds. The molecule has 2 nitrogen and oxygen atoms in total. The van der Waals surface area contributed by atoms with E-state index in [1.54, 1.807) is 12.4 Å². The third kappa shape index (κ3) is 3.17. The number of hydrogen-bond acceptors (Lipinski definition) is 2. The first-order valence-corrected chi connectivity index (χ1v) is 5.19. The fraction of sp³-hybridized carbons (Fsp3) is 0.231. The molecule has 0 aromatic carbocycles. The van der Waals surface area contributed by atoms with E-state index in [1.807, 2.05) is 38.2 Å². The van der Waals surface area contributed by atoms with Gasteiger partial charge in [-0.1, -0.05) is 13.8 Å². The first-order valence-electron chi connectivity index (χ1n) is 5.19. The van der Waals surface area contributed by atoms with Gasteiger partial charge in [-0.15, -0.1) is 0 Å². The minimum Gasteiger partial charge on any atom is -0.265 e. The van der Waals surface area contributed by atoms with Gasteiger partial charge in [0.05, 0.1) is 5.69 Å². The molecule has 0 atom stereocenters. The second-order valence-corrected chi connectivity index (χ2v) is 2.95. The SMILES string of the molecule is CC.Cc1ccnc(-c2ccncc2)c1. The van der Waals surface area contributed by atoms with Gasteiger partial charge in [-0.05, 0) is 36.8 Å². The third-order valence-corrected chi connectivity index (χ3v) is 1.89. The molecule has 0 fully saturated rings. The maximum Gasteiger partial charge on any atom is 0.0705 e. The van der Waals surface area contributed by atoms with Crippen molar-refractivity contribution in [2.24, 2.45) is 0 Å². The topological polar surface area (TPSA) is 25.8 Å². The summed E-state index contributed by atoms with van der Waals surface area (Å²) in [5, 5.41) is 0. The normalized spacial score (nSPS) is 9.00. The van der Waals surface area contributed by atoms with Gasteiger partial charge >= 0.3 is 0 Å². The Morgan fingerprint density at radius 1 is 0.933 bits per heavy atom. The van der Waals surface area contributed by atoms with Crippen LogP contribution in [0.2, 0.25) is 0 Å². The van der Waals surface area contributed by atoms with Crippen molar-refractivity contribution in [2.75, 3.05) is 0 Å². The van der Waals surface area contributed by atoms with E-state index < -0.39 is 0 Å². The molecule has 0 saturated heterocycles. The van der Waals surface area contributed by atoms with Crippen LogP contribution in [0.1, 0.15) is 19.4 Å². The summed E-state index contributed by atoms with van der Waals surface area (Å²) in [4.78, 5) is 8.25. The summed E-state index contributed by atoms with van der Waals surface area (Å²) in [6.45, 7) is 6.06. The second kappa shape index (κ2) is 5.91. The molecule has 0 aliphatic heterocycles. The van der Waals surface area contributed by atoms with Crippen molar-refractivity contribution in [2.45, 2.75) is 20.8 Å². The van der Waals surface area contributed by atoms with E-state index in [0.29, 0.717) is 0 Å². The molecule has 0 unspecified atom stereocenters. The zero-order valence-corrected chi connectivity index (χ0v) is 9.44. The fourth-order valence-electron chi connectivity index (χ4n) is 1.22. The molecule has 2 aromatic rings. The summed E-state index contributed by atoms with van der Waals surface area (Å²) in [7, 11) is 0. The van der Waals surface area contributed by atoms with Crippen LogP contribution in [-0.4, -0.2) is 9.97 Å². The van der Waals surface area contributed by atoms with Gasteiger partial charge in [-0.3, -0.25) is 9.97 Å². The van der Waals surface area contributed by atoms with Crippen LogP contribution in [0.5, 0.6) is 0 Å². The molecule has 0 bridgehead atoms. The monoisotopic (exact) mass is 200 g/mol. The van der Waals surface area contributed by atoms with E-state index in [4.69, 9.17) is 0 Å². The van der Waals surface area contributed by atoms with Crippen molar-refractivity contribution in [3.8, 4) is 11.3 Å². The summed E-state index contributed by atoms with van der Waals surface area (Å²) >= 11 is 0. The predicted molar refractivity (Wildman–Crippen MR) is 63.6 cm³/mol. The van der Waals surface area contributed by atoms with Crippen LogP contribution < -0.4 is 0 Å². The minimum absolute atomic E-state index is 1.00. The lowest BCUT2D eigenvalue weighted by Crippen LogP contribution is -1.83. The highest BCUT2D eigenvalue weighted by molar-refractivity contribution is 5.58. The molecule has 2 rings (SSSR count). The van der Waals surface area contributed by atoms with Crippen LogP contribution in [0.15, 0.2) is 42.9 Å². The van der Waals surface area contributed by atoms with Crippen LogP contribution in [0, 0.1) is 6.92 Å². The maximum absolute atomic E-state index is 4.28. The first kappa shape index (κ1) is 11.4. The molecule has 0 aliphatic rings. The zero-order chi connectivity index (χ0) is 11.1. The summed E-state index contributed by atoms with van der Waals surface area (Å²) in [5.74, 6) is 0. The lowest BCUT2D eigenvalue weighted by molar-refractivity contribution is 1.26. The molecule has 2 heteroatoms. The van der Waals surface area contributed by atoms with Crippen molar-refractivity contribution in [3.63, 3.8) is 0 Å². The summed E-state index contributed by atoms with van der Waals surface area (Å²) in [6.07, 6.45) is 5.38. The lowest BCUT2D eigenvalue weighted by atomic mass is 10.1. The van der Waals surface area contributed by atoms with Crippen molar-refractivity contribution >= 4 is 0 Å². The average Bonchev–Trinajstić information content (AvgIpc) is 2.33. The van der Waals surface area contributed by atoms with E-state index in [9.17, 15) is 0 Å². The maximum atomic E-state index is 4.28. The highest BCUT2D eigenvalue weighted by atomic mass is 14.7. The number of aromatic nitrogens is 2. The van der Waals surface area contributed by atoms with Crippen LogP contribution >= 0.6 is 0 Å². The van der Waals surface area contributed by atoms with E-state index in [2.05, 4.69) is 23.0 Å². The average molecular weight is 200 g/mol. The van der Waals surface area contributed by atoms with E-state index >= 15 is 0 Å². The Morgan fingerprint density at radius 3 is 2.20 bits per heavy atom. The molecule has 0 spiro atoms. The Morgan fingerprint density at radius 2 is 1.60 bits per heavy atom. The Bertz CT molecular complexity index is 396. The molecule has 2 aromatic heterocycles. The number of pyridine rings is 2. The van der Waals surface area contributed by atoms with E-state index in [0.717, 1.165) is 11.3 Å². The van der Waals surface area contributed by atoms with Gasteiger partial charge in [-0.2, -0.15) is 0 Å². The molecule has 2 heterocycles. The molecule has 0 saturated carbocycles. The summed E-state index contributed by atoms with van der Waals surface area (Å²) in [6, 6.07) is 7.98. The zero-order valence-electron chi connectivity index (χ0n) is 9.44. The molecule has 0 aliphatic carbocycles. The van der Waals surface area contributed by atoms with Crippen LogP contribution in [0.4, 0.5) is 0 Å². The number of hydrogen-bond donors (Lipinski definition) is 0. The Balaban J connectivity index is 0.000000531. The van der Waals surface area contributed by atoms with Crippen molar-refractivity contribution < 1.29 is 0 Å². The smallest absolute Gasteiger partial charge is 0.0705 e. The highest BCUT2D eigenvalue weighted by Crippen LogP contribution is 2.15. The van der Waals surface area contributed by atoms with Gasteiger partial charge in [0.2, 0.25) is 0 Å². The number of aryl methyl sites for hydroxylation is 1. The third-order valence-electron chi connectivity index (χ3n) is 1.89. The van der Waals surface area contributed by atoms with Gasteiger partial charge in [0.25, 0.3) is 0 Å². The van der Waals surface area contributed by atoms with Crippen LogP contribution in [0.25, 0.3) is 11.3 Å². The molecule has 78 valence electrons.